The maximum absolute atomic E-state index is 13.9. The van der Waals surface area contributed by atoms with Crippen LogP contribution in [0.5, 0.6) is 0 Å². The van der Waals surface area contributed by atoms with Crippen LogP contribution in [0.15, 0.2) is 66.0 Å². The molecule has 0 aliphatic carbocycles. The second-order valence-electron chi connectivity index (χ2n) is 9.75. The maximum Gasteiger partial charge on any atom is 0.411 e. The highest BCUT2D eigenvalue weighted by molar-refractivity contribution is 7.12. The Morgan fingerprint density at radius 3 is 2.33 bits per heavy atom. The lowest BCUT2D eigenvalue weighted by Gasteiger charge is -2.37. The van der Waals surface area contributed by atoms with Crippen LogP contribution < -0.4 is 5.32 Å². The number of piperazine rings is 1. The second kappa shape index (κ2) is 11.3. The van der Waals surface area contributed by atoms with E-state index in [-0.39, 0.29) is 24.3 Å². The Hall–Kier alpha value is -4.18. The van der Waals surface area contributed by atoms with Gasteiger partial charge in [-0.1, -0.05) is 48.0 Å². The predicted octanol–water partition coefficient (Wildman–Crippen LogP) is 4.06. The number of anilines is 1. The number of thiophene rings is 1. The van der Waals surface area contributed by atoms with Crippen LogP contribution in [0.4, 0.5) is 10.5 Å². The van der Waals surface area contributed by atoms with E-state index in [4.69, 9.17) is 4.74 Å². The van der Waals surface area contributed by atoms with Gasteiger partial charge in [0.25, 0.3) is 5.91 Å². The number of nitrogens with one attached hydrogen (secondary N) is 1. The number of amides is 4. The molecule has 2 saturated heterocycles. The molecule has 5 rings (SSSR count). The number of carbonyl (C=O) groups excluding carboxylic acids is 4. The lowest BCUT2D eigenvalue weighted by Crippen LogP contribution is -2.55. The molecule has 0 radical (unpaired) electrons. The molecule has 3 heterocycles. The van der Waals surface area contributed by atoms with Crippen molar-refractivity contribution in [1.29, 1.82) is 0 Å². The van der Waals surface area contributed by atoms with Crippen molar-refractivity contribution in [3.63, 3.8) is 0 Å². The highest BCUT2D eigenvalue weighted by Crippen LogP contribution is 2.36. The molecule has 4 amide bonds. The first-order valence-corrected chi connectivity index (χ1v) is 13.7. The molecular formula is C29H30N4O5S. The predicted molar refractivity (Wildman–Crippen MR) is 147 cm³/mol. The van der Waals surface area contributed by atoms with E-state index in [1.807, 2.05) is 42.6 Å². The molecule has 0 saturated carbocycles. The van der Waals surface area contributed by atoms with Gasteiger partial charge in [0.05, 0.1) is 11.4 Å². The van der Waals surface area contributed by atoms with Gasteiger partial charge in [-0.2, -0.15) is 0 Å². The standard InChI is InChI=1S/C29H30N4O5S/c1-19-5-3-6-21(17-19)18-33-25(28(36)32-14-12-31(13-15-32)20(2)34)26(38-29(33)37)22-8-10-23(11-9-22)30-27(35)24-7-4-16-39-24/h3-11,16-17,25-26H,12-15,18H2,1-2H3,(H,30,35)/t25-,26-/m0/s1. The third-order valence-electron chi connectivity index (χ3n) is 7.05. The summed E-state index contributed by atoms with van der Waals surface area (Å²) in [4.78, 5) is 56.8. The van der Waals surface area contributed by atoms with Crippen molar-refractivity contribution < 1.29 is 23.9 Å². The Kier molecular flexibility index (Phi) is 7.65. The number of rotatable bonds is 6. The smallest absolute Gasteiger partial charge is 0.411 e. The first-order valence-electron chi connectivity index (χ1n) is 12.8. The molecule has 1 N–H and O–H groups in total. The van der Waals surface area contributed by atoms with Crippen molar-refractivity contribution in [2.45, 2.75) is 32.5 Å². The van der Waals surface area contributed by atoms with Crippen molar-refractivity contribution in [2.24, 2.45) is 0 Å². The Bertz CT molecular complexity index is 1370. The van der Waals surface area contributed by atoms with E-state index in [1.54, 1.807) is 40.1 Å². The Morgan fingerprint density at radius 1 is 0.974 bits per heavy atom. The fourth-order valence-corrected chi connectivity index (χ4v) is 5.61. The summed E-state index contributed by atoms with van der Waals surface area (Å²) in [7, 11) is 0. The highest BCUT2D eigenvalue weighted by Gasteiger charge is 2.48. The summed E-state index contributed by atoms with van der Waals surface area (Å²) in [6, 6.07) is 17.5. The van der Waals surface area contributed by atoms with Gasteiger partial charge >= 0.3 is 6.09 Å². The number of cyclic esters (lactones) is 1. The normalized spacial score (nSPS) is 19.1. The average Bonchev–Trinajstić information content (AvgIpc) is 3.58. The summed E-state index contributed by atoms with van der Waals surface area (Å²) in [6.45, 7) is 5.41. The quantitative estimate of drug-likeness (QED) is 0.503. The van der Waals surface area contributed by atoms with Crippen molar-refractivity contribution in [1.82, 2.24) is 14.7 Å². The first kappa shape index (κ1) is 26.4. The lowest BCUT2D eigenvalue weighted by molar-refractivity contribution is -0.142. The molecule has 2 aliphatic heterocycles. The van der Waals surface area contributed by atoms with Gasteiger partial charge in [0.1, 0.15) is 0 Å². The summed E-state index contributed by atoms with van der Waals surface area (Å²) in [5.41, 5.74) is 3.21. The third kappa shape index (κ3) is 5.80. The van der Waals surface area contributed by atoms with E-state index in [0.29, 0.717) is 42.3 Å². The monoisotopic (exact) mass is 546 g/mol. The minimum Gasteiger partial charge on any atom is -0.438 e. The van der Waals surface area contributed by atoms with Gasteiger partial charge in [0.2, 0.25) is 11.8 Å². The molecule has 202 valence electrons. The minimum absolute atomic E-state index is 0.0216. The Labute approximate surface area is 231 Å². The van der Waals surface area contributed by atoms with Crippen molar-refractivity contribution in [3.8, 4) is 0 Å². The summed E-state index contributed by atoms with van der Waals surface area (Å²) >= 11 is 1.36. The summed E-state index contributed by atoms with van der Waals surface area (Å²) in [5.74, 6) is -0.435. The van der Waals surface area contributed by atoms with Gasteiger partial charge in [-0.15, -0.1) is 11.3 Å². The van der Waals surface area contributed by atoms with Crippen LogP contribution in [0, 0.1) is 6.92 Å². The summed E-state index contributed by atoms with van der Waals surface area (Å²) < 4.78 is 5.82. The van der Waals surface area contributed by atoms with Crippen LogP contribution in [0.1, 0.15) is 39.4 Å². The topological polar surface area (TPSA) is 99.3 Å². The molecule has 10 heteroatoms. The van der Waals surface area contributed by atoms with Crippen LogP contribution in [0.3, 0.4) is 0 Å². The van der Waals surface area contributed by atoms with Gasteiger partial charge < -0.3 is 19.9 Å². The molecule has 3 aromatic rings. The van der Waals surface area contributed by atoms with Gasteiger partial charge in [0.15, 0.2) is 12.1 Å². The number of ether oxygens (including phenoxy) is 1. The van der Waals surface area contributed by atoms with Crippen molar-refractivity contribution >= 4 is 40.8 Å². The molecule has 0 spiro atoms. The molecule has 0 unspecified atom stereocenters. The van der Waals surface area contributed by atoms with Crippen LogP contribution in [0.25, 0.3) is 0 Å². The zero-order valence-electron chi connectivity index (χ0n) is 21.8. The number of aryl methyl sites for hydroxylation is 1. The molecule has 2 atom stereocenters. The third-order valence-corrected chi connectivity index (χ3v) is 7.92. The van der Waals surface area contributed by atoms with E-state index in [0.717, 1.165) is 11.1 Å². The molecule has 2 aromatic carbocycles. The Balaban J connectivity index is 1.39. The number of hydrogen-bond donors (Lipinski definition) is 1. The van der Waals surface area contributed by atoms with E-state index in [2.05, 4.69) is 5.32 Å². The lowest BCUT2D eigenvalue weighted by atomic mass is 9.99. The molecular weight excluding hydrogens is 516 g/mol. The van der Waals surface area contributed by atoms with E-state index in [9.17, 15) is 19.2 Å². The van der Waals surface area contributed by atoms with Gasteiger partial charge in [-0.05, 0) is 41.6 Å². The van der Waals surface area contributed by atoms with Crippen LogP contribution in [-0.2, 0) is 20.9 Å². The van der Waals surface area contributed by atoms with Crippen molar-refractivity contribution in [3.05, 3.63) is 87.6 Å². The molecule has 0 bridgehead atoms. The zero-order chi connectivity index (χ0) is 27.5. The molecule has 9 nitrogen and oxygen atoms in total. The fourth-order valence-electron chi connectivity index (χ4n) is 4.99. The second-order valence-corrected chi connectivity index (χ2v) is 10.7. The van der Waals surface area contributed by atoms with Crippen LogP contribution in [-0.4, -0.2) is 70.7 Å². The number of nitrogens with zero attached hydrogens (tertiary/aromatic N) is 3. The maximum atomic E-state index is 13.9. The number of benzene rings is 2. The van der Waals surface area contributed by atoms with Crippen molar-refractivity contribution in [2.75, 3.05) is 31.5 Å². The summed E-state index contributed by atoms with van der Waals surface area (Å²) in [5, 5.41) is 4.70. The molecule has 39 heavy (non-hydrogen) atoms. The summed E-state index contributed by atoms with van der Waals surface area (Å²) in [6.07, 6.45) is -1.38. The van der Waals surface area contributed by atoms with Crippen LogP contribution in [0.2, 0.25) is 0 Å². The number of carbonyl (C=O) groups is 4. The highest BCUT2D eigenvalue weighted by atomic mass is 32.1. The number of hydrogen-bond acceptors (Lipinski definition) is 6. The van der Waals surface area contributed by atoms with Gasteiger partial charge in [-0.3, -0.25) is 19.3 Å². The SMILES string of the molecule is CC(=O)N1CCN(C(=O)[C@@H]2[C@H](c3ccc(NC(=O)c4cccs4)cc3)OC(=O)N2Cc2cccc(C)c2)CC1. The molecule has 1 aromatic heterocycles. The largest absolute Gasteiger partial charge is 0.438 e. The van der Waals surface area contributed by atoms with Gasteiger partial charge in [0, 0.05) is 38.8 Å². The van der Waals surface area contributed by atoms with E-state index in [1.165, 1.54) is 23.2 Å². The fraction of sp³-hybridized carbons (Fsp3) is 0.310. The van der Waals surface area contributed by atoms with E-state index < -0.39 is 18.2 Å². The minimum atomic E-state index is -0.867. The first-order chi connectivity index (χ1) is 18.8. The average molecular weight is 547 g/mol. The zero-order valence-corrected chi connectivity index (χ0v) is 22.6. The van der Waals surface area contributed by atoms with E-state index >= 15 is 0 Å². The van der Waals surface area contributed by atoms with Crippen LogP contribution >= 0.6 is 11.3 Å². The van der Waals surface area contributed by atoms with Gasteiger partial charge in [-0.25, -0.2) is 4.79 Å². The molecule has 2 aliphatic rings. The molecule has 2 fully saturated rings. The Morgan fingerprint density at radius 2 is 1.69 bits per heavy atom.